The molecule has 88 valence electrons. The molecule has 1 unspecified atom stereocenters. The number of nitrogen functional groups attached to an aromatic ring is 1. The number of aromatic nitrogens is 1. The van der Waals surface area contributed by atoms with Gasteiger partial charge < -0.3 is 15.2 Å². The number of amides is 1. The van der Waals surface area contributed by atoms with Gasteiger partial charge in [0.25, 0.3) is 5.91 Å². The van der Waals surface area contributed by atoms with Crippen LogP contribution in [0.5, 0.6) is 0 Å². The molecule has 2 rings (SSSR count). The van der Waals surface area contributed by atoms with Crippen LogP contribution in [-0.4, -0.2) is 28.5 Å². The number of aryl methyl sites for hydroxylation is 1. The van der Waals surface area contributed by atoms with Crippen molar-refractivity contribution in [1.29, 1.82) is 0 Å². The lowest BCUT2D eigenvalue weighted by atomic mass is 10.2. The van der Waals surface area contributed by atoms with Gasteiger partial charge in [-0.1, -0.05) is 0 Å². The second-order valence-electron chi connectivity index (χ2n) is 4.76. The van der Waals surface area contributed by atoms with Crippen LogP contribution in [0.4, 0.5) is 5.69 Å². The molecule has 0 aliphatic heterocycles. The fourth-order valence-electron chi connectivity index (χ4n) is 2.06. The maximum atomic E-state index is 12.2. The molecule has 1 aromatic heterocycles. The van der Waals surface area contributed by atoms with Crippen LogP contribution < -0.4 is 5.73 Å². The molecule has 1 amide bonds. The van der Waals surface area contributed by atoms with Crippen LogP contribution in [0, 0.1) is 5.92 Å². The molecule has 1 heterocycles. The Hall–Kier alpha value is -1.45. The fraction of sp³-hybridized carbons (Fsp3) is 0.583. The Labute approximate surface area is 96.0 Å². The number of anilines is 1. The summed E-state index contributed by atoms with van der Waals surface area (Å²) in [5.74, 6) is 0.741. The van der Waals surface area contributed by atoms with Crippen molar-refractivity contribution in [1.82, 2.24) is 9.47 Å². The van der Waals surface area contributed by atoms with Gasteiger partial charge in [0.1, 0.15) is 5.69 Å². The summed E-state index contributed by atoms with van der Waals surface area (Å²) in [6.07, 6.45) is 4.25. The summed E-state index contributed by atoms with van der Waals surface area (Å²) in [6.45, 7) is 2.11. The largest absolute Gasteiger partial charge is 0.397 e. The second-order valence-corrected chi connectivity index (χ2v) is 4.76. The highest BCUT2D eigenvalue weighted by Gasteiger charge is 2.33. The van der Waals surface area contributed by atoms with Gasteiger partial charge in [0.05, 0.1) is 5.69 Å². The first-order chi connectivity index (χ1) is 7.50. The number of hydrogen-bond acceptors (Lipinski definition) is 2. The van der Waals surface area contributed by atoms with Gasteiger partial charge in [-0.05, 0) is 31.7 Å². The van der Waals surface area contributed by atoms with Crippen molar-refractivity contribution in [3.05, 3.63) is 18.0 Å². The van der Waals surface area contributed by atoms with Gasteiger partial charge in [-0.15, -0.1) is 0 Å². The molecule has 16 heavy (non-hydrogen) atoms. The Morgan fingerprint density at radius 3 is 2.69 bits per heavy atom. The number of nitrogens with two attached hydrogens (primary N) is 1. The van der Waals surface area contributed by atoms with Gasteiger partial charge in [-0.2, -0.15) is 0 Å². The maximum absolute atomic E-state index is 12.2. The highest BCUT2D eigenvalue weighted by atomic mass is 16.2. The Kier molecular flexibility index (Phi) is 2.66. The first-order valence-corrected chi connectivity index (χ1v) is 5.69. The van der Waals surface area contributed by atoms with Crippen molar-refractivity contribution in [2.45, 2.75) is 25.8 Å². The van der Waals surface area contributed by atoms with Crippen molar-refractivity contribution in [2.24, 2.45) is 13.0 Å². The molecule has 2 N–H and O–H groups in total. The van der Waals surface area contributed by atoms with Crippen LogP contribution in [0.2, 0.25) is 0 Å². The predicted octanol–water partition coefficient (Wildman–Crippen LogP) is 1.48. The van der Waals surface area contributed by atoms with E-state index in [0.717, 1.165) is 0 Å². The topological polar surface area (TPSA) is 51.3 Å². The van der Waals surface area contributed by atoms with Crippen molar-refractivity contribution in [3.63, 3.8) is 0 Å². The lowest BCUT2D eigenvalue weighted by Crippen LogP contribution is -2.37. The van der Waals surface area contributed by atoms with E-state index >= 15 is 0 Å². The van der Waals surface area contributed by atoms with Crippen LogP contribution in [-0.2, 0) is 7.05 Å². The Bertz CT molecular complexity index is 406. The molecule has 1 atom stereocenters. The number of hydrogen-bond donors (Lipinski definition) is 1. The molecule has 0 spiro atoms. The summed E-state index contributed by atoms with van der Waals surface area (Å²) < 4.78 is 1.79. The standard InChI is InChI=1S/C12H19N3O/c1-8(9-4-5-9)15(3)12(16)11-6-10(13)7-14(11)2/h6-9H,4-5,13H2,1-3H3. The molecule has 1 saturated carbocycles. The van der Waals surface area contributed by atoms with Gasteiger partial charge in [0, 0.05) is 26.3 Å². The summed E-state index contributed by atoms with van der Waals surface area (Å²) >= 11 is 0. The highest BCUT2D eigenvalue weighted by molar-refractivity contribution is 5.93. The zero-order valence-corrected chi connectivity index (χ0v) is 10.1. The smallest absolute Gasteiger partial charge is 0.270 e. The highest BCUT2D eigenvalue weighted by Crippen LogP contribution is 2.35. The van der Waals surface area contributed by atoms with Gasteiger partial charge in [-0.3, -0.25) is 4.79 Å². The van der Waals surface area contributed by atoms with E-state index in [1.165, 1.54) is 12.8 Å². The second kappa shape index (κ2) is 3.85. The molecule has 0 saturated heterocycles. The average Bonchev–Trinajstić information content (AvgIpc) is 3.02. The first-order valence-electron chi connectivity index (χ1n) is 5.69. The van der Waals surface area contributed by atoms with Crippen molar-refractivity contribution in [3.8, 4) is 0 Å². The predicted molar refractivity (Wildman–Crippen MR) is 64.1 cm³/mol. The molecular weight excluding hydrogens is 202 g/mol. The molecule has 1 aliphatic carbocycles. The van der Waals surface area contributed by atoms with Crippen molar-refractivity contribution >= 4 is 11.6 Å². The molecule has 4 nitrogen and oxygen atoms in total. The molecule has 0 bridgehead atoms. The Morgan fingerprint density at radius 2 is 2.25 bits per heavy atom. The monoisotopic (exact) mass is 221 g/mol. The summed E-state index contributed by atoms with van der Waals surface area (Å²) in [6, 6.07) is 2.06. The van der Waals surface area contributed by atoms with Crippen molar-refractivity contribution < 1.29 is 4.79 Å². The molecule has 0 radical (unpaired) electrons. The SMILES string of the molecule is CC(C1CC1)N(C)C(=O)c1cc(N)cn1C. The molecule has 4 heteroatoms. The van der Waals surface area contributed by atoms with E-state index in [0.29, 0.717) is 23.3 Å². The number of carbonyl (C=O) groups excluding carboxylic acids is 1. The number of nitrogens with zero attached hydrogens (tertiary/aromatic N) is 2. The zero-order chi connectivity index (χ0) is 11.9. The molecule has 1 fully saturated rings. The van der Waals surface area contributed by atoms with Crippen LogP contribution >= 0.6 is 0 Å². The summed E-state index contributed by atoms with van der Waals surface area (Å²) in [5.41, 5.74) is 6.97. The number of carbonyl (C=O) groups is 1. The maximum Gasteiger partial charge on any atom is 0.270 e. The third kappa shape index (κ3) is 1.92. The van der Waals surface area contributed by atoms with E-state index in [2.05, 4.69) is 6.92 Å². The molecular formula is C12H19N3O. The fourth-order valence-corrected chi connectivity index (χ4v) is 2.06. The van der Waals surface area contributed by atoms with Crippen molar-refractivity contribution in [2.75, 3.05) is 12.8 Å². The van der Waals surface area contributed by atoms with Crippen LogP contribution in [0.3, 0.4) is 0 Å². The van der Waals surface area contributed by atoms with E-state index < -0.39 is 0 Å². The lowest BCUT2D eigenvalue weighted by Gasteiger charge is -2.24. The Morgan fingerprint density at radius 1 is 1.62 bits per heavy atom. The minimum absolute atomic E-state index is 0.0543. The minimum Gasteiger partial charge on any atom is -0.397 e. The third-order valence-corrected chi connectivity index (χ3v) is 3.48. The quantitative estimate of drug-likeness (QED) is 0.840. The third-order valence-electron chi connectivity index (χ3n) is 3.48. The molecule has 0 aromatic carbocycles. The normalized spacial score (nSPS) is 17.2. The van der Waals surface area contributed by atoms with E-state index in [9.17, 15) is 4.79 Å². The first kappa shape index (κ1) is 11.0. The van der Waals surface area contributed by atoms with Gasteiger partial charge in [-0.25, -0.2) is 0 Å². The summed E-state index contributed by atoms with van der Waals surface area (Å²) in [4.78, 5) is 14.0. The average molecular weight is 221 g/mol. The lowest BCUT2D eigenvalue weighted by molar-refractivity contribution is 0.0717. The molecule has 1 aromatic rings. The van der Waals surface area contributed by atoms with E-state index in [4.69, 9.17) is 5.73 Å². The van der Waals surface area contributed by atoms with E-state index in [-0.39, 0.29) is 5.91 Å². The summed E-state index contributed by atoms with van der Waals surface area (Å²) in [7, 11) is 3.72. The Balaban J connectivity index is 2.14. The molecule has 1 aliphatic rings. The summed E-state index contributed by atoms with van der Waals surface area (Å²) in [5, 5.41) is 0. The van der Waals surface area contributed by atoms with Gasteiger partial charge in [0.2, 0.25) is 0 Å². The van der Waals surface area contributed by atoms with Crippen LogP contribution in [0.15, 0.2) is 12.3 Å². The minimum atomic E-state index is 0.0543. The zero-order valence-electron chi connectivity index (χ0n) is 10.1. The van der Waals surface area contributed by atoms with Crippen LogP contribution in [0.25, 0.3) is 0 Å². The van der Waals surface area contributed by atoms with Gasteiger partial charge in [0.15, 0.2) is 0 Å². The van der Waals surface area contributed by atoms with E-state index in [1.807, 2.05) is 19.0 Å². The van der Waals surface area contributed by atoms with E-state index in [1.54, 1.807) is 16.8 Å². The van der Waals surface area contributed by atoms with Gasteiger partial charge >= 0.3 is 0 Å². The van der Waals surface area contributed by atoms with Crippen LogP contribution in [0.1, 0.15) is 30.3 Å². The number of rotatable bonds is 3.